The topological polar surface area (TPSA) is 29.5 Å². The van der Waals surface area contributed by atoms with Crippen molar-refractivity contribution in [2.75, 3.05) is 13.7 Å². The van der Waals surface area contributed by atoms with Crippen molar-refractivity contribution in [1.29, 1.82) is 0 Å². The van der Waals surface area contributed by atoms with E-state index in [0.717, 1.165) is 0 Å². The van der Waals surface area contributed by atoms with Crippen LogP contribution in [0.15, 0.2) is 28.7 Å². The number of allylic oxidation sites excluding steroid dienone is 1. The summed E-state index contributed by atoms with van der Waals surface area (Å²) in [4.78, 5) is 13.4. The maximum atomic E-state index is 12.8. The van der Waals surface area contributed by atoms with Crippen LogP contribution in [-0.2, 0) is 4.79 Å². The van der Waals surface area contributed by atoms with Crippen molar-refractivity contribution in [3.05, 3.63) is 34.3 Å². The molecule has 6 heteroatoms. The molecule has 1 amide bonds. The van der Waals surface area contributed by atoms with Gasteiger partial charge in [0.1, 0.15) is 5.75 Å². The molecule has 1 atom stereocenters. The maximum absolute atomic E-state index is 12.8. The molecule has 1 aromatic rings. The number of hydrogen-bond acceptors (Lipinski definition) is 2. The van der Waals surface area contributed by atoms with Gasteiger partial charge < -0.3 is 9.64 Å². The van der Waals surface area contributed by atoms with E-state index in [0.29, 0.717) is 27.9 Å². The molecule has 1 aromatic carbocycles. The average Bonchev–Trinajstić information content (AvgIpc) is 2.44. The highest BCUT2D eigenvalue weighted by Gasteiger charge is 2.30. The van der Waals surface area contributed by atoms with Gasteiger partial charge in [0.2, 0.25) is 5.91 Å². The Morgan fingerprint density at radius 2 is 2.19 bits per heavy atom. The van der Waals surface area contributed by atoms with Crippen LogP contribution in [0.1, 0.15) is 18.9 Å². The number of benzene rings is 1. The van der Waals surface area contributed by atoms with Crippen LogP contribution >= 0.6 is 15.9 Å². The summed E-state index contributed by atoms with van der Waals surface area (Å²) in [5.41, 5.74) is 1.23. The first kappa shape index (κ1) is 15.9. The quantitative estimate of drug-likeness (QED) is 0.814. The fourth-order valence-corrected chi connectivity index (χ4v) is 2.86. The molecule has 1 aliphatic heterocycles. The van der Waals surface area contributed by atoms with Crippen LogP contribution in [0.5, 0.6) is 5.75 Å². The van der Waals surface area contributed by atoms with Gasteiger partial charge in [-0.3, -0.25) is 4.79 Å². The third-order valence-electron chi connectivity index (χ3n) is 3.42. The lowest BCUT2D eigenvalue weighted by Crippen LogP contribution is -2.39. The standard InChI is InChI=1S/C15H16BrF2NO2/c1-9-3-6-13(19(15(9)20)8-14(17)18)11-5-4-10(21-2)7-12(11)16/h4-7,9,14H,3,8H2,1-2H3. The second-order valence-electron chi connectivity index (χ2n) is 4.91. The van der Waals surface area contributed by atoms with Crippen LogP contribution in [0.2, 0.25) is 0 Å². The molecular formula is C15H16BrF2NO2. The van der Waals surface area contributed by atoms with Gasteiger partial charge in [-0.1, -0.05) is 13.0 Å². The van der Waals surface area contributed by atoms with Crippen molar-refractivity contribution < 1.29 is 18.3 Å². The molecule has 114 valence electrons. The molecule has 0 radical (unpaired) electrons. The van der Waals surface area contributed by atoms with E-state index < -0.39 is 13.0 Å². The lowest BCUT2D eigenvalue weighted by Gasteiger charge is -2.32. The zero-order valence-corrected chi connectivity index (χ0v) is 13.4. The van der Waals surface area contributed by atoms with Gasteiger partial charge in [0.05, 0.1) is 13.7 Å². The highest BCUT2D eigenvalue weighted by Crippen LogP contribution is 2.34. The molecule has 21 heavy (non-hydrogen) atoms. The summed E-state index contributed by atoms with van der Waals surface area (Å²) in [6, 6.07) is 5.25. The Hall–Kier alpha value is -1.43. The van der Waals surface area contributed by atoms with E-state index >= 15 is 0 Å². The molecular weight excluding hydrogens is 344 g/mol. The monoisotopic (exact) mass is 359 g/mol. The number of nitrogens with zero attached hydrogens (tertiary/aromatic N) is 1. The smallest absolute Gasteiger partial charge is 0.256 e. The predicted octanol–water partition coefficient (Wildman–Crippen LogP) is 3.93. The summed E-state index contributed by atoms with van der Waals surface area (Å²) in [5.74, 6) is 0.113. The normalized spacial score (nSPS) is 19.0. The highest BCUT2D eigenvalue weighted by atomic mass is 79.9. The number of amides is 1. The Morgan fingerprint density at radius 3 is 2.76 bits per heavy atom. The van der Waals surface area contributed by atoms with E-state index in [1.165, 1.54) is 4.90 Å². The van der Waals surface area contributed by atoms with Crippen molar-refractivity contribution in [1.82, 2.24) is 4.90 Å². The zero-order chi connectivity index (χ0) is 15.6. The maximum Gasteiger partial charge on any atom is 0.256 e. The average molecular weight is 360 g/mol. The summed E-state index contributed by atoms with van der Waals surface area (Å²) < 4.78 is 31.4. The van der Waals surface area contributed by atoms with Gasteiger partial charge in [-0.2, -0.15) is 0 Å². The number of carbonyl (C=O) groups excluding carboxylic acids is 1. The number of methoxy groups -OCH3 is 1. The summed E-state index contributed by atoms with van der Waals surface area (Å²) in [7, 11) is 1.55. The molecule has 0 spiro atoms. The third kappa shape index (κ3) is 3.43. The summed E-state index contributed by atoms with van der Waals surface area (Å²) >= 11 is 3.41. The van der Waals surface area contributed by atoms with Gasteiger partial charge >= 0.3 is 0 Å². The molecule has 0 saturated heterocycles. The van der Waals surface area contributed by atoms with Crippen LogP contribution in [0, 0.1) is 5.92 Å². The molecule has 0 aromatic heterocycles. The van der Waals surface area contributed by atoms with Crippen molar-refractivity contribution in [2.24, 2.45) is 5.92 Å². The number of ether oxygens (including phenoxy) is 1. The minimum Gasteiger partial charge on any atom is -0.497 e. The second kappa shape index (κ2) is 6.56. The van der Waals surface area contributed by atoms with Crippen LogP contribution < -0.4 is 4.74 Å². The number of carbonyl (C=O) groups is 1. The number of alkyl halides is 2. The van der Waals surface area contributed by atoms with E-state index in [9.17, 15) is 13.6 Å². The Morgan fingerprint density at radius 1 is 1.48 bits per heavy atom. The Kier molecular flexibility index (Phi) is 4.98. The molecule has 0 aliphatic carbocycles. The fourth-order valence-electron chi connectivity index (χ4n) is 2.30. The van der Waals surface area contributed by atoms with Crippen LogP contribution in [0.4, 0.5) is 8.78 Å². The first-order valence-corrected chi connectivity index (χ1v) is 7.37. The molecule has 0 fully saturated rings. The van der Waals surface area contributed by atoms with Crippen LogP contribution in [0.3, 0.4) is 0 Å². The Balaban J connectivity index is 2.41. The molecule has 0 N–H and O–H groups in total. The highest BCUT2D eigenvalue weighted by molar-refractivity contribution is 9.10. The van der Waals surface area contributed by atoms with E-state index in [2.05, 4.69) is 15.9 Å². The molecule has 2 rings (SSSR count). The third-order valence-corrected chi connectivity index (χ3v) is 4.07. The second-order valence-corrected chi connectivity index (χ2v) is 5.77. The first-order chi connectivity index (χ1) is 9.93. The van der Waals surface area contributed by atoms with Crippen molar-refractivity contribution in [3.63, 3.8) is 0 Å². The van der Waals surface area contributed by atoms with Crippen molar-refractivity contribution in [3.8, 4) is 5.75 Å². The van der Waals surface area contributed by atoms with Gasteiger partial charge in [-0.25, -0.2) is 8.78 Å². The fraction of sp³-hybridized carbons (Fsp3) is 0.400. The van der Waals surface area contributed by atoms with Gasteiger partial charge in [0, 0.05) is 21.7 Å². The number of rotatable bonds is 4. The Labute approximate surface area is 130 Å². The van der Waals surface area contributed by atoms with E-state index in [4.69, 9.17) is 4.74 Å². The molecule has 0 bridgehead atoms. The zero-order valence-electron chi connectivity index (χ0n) is 11.8. The minimum atomic E-state index is -2.57. The molecule has 1 heterocycles. The molecule has 1 unspecified atom stereocenters. The number of hydrogen-bond donors (Lipinski definition) is 0. The first-order valence-electron chi connectivity index (χ1n) is 6.57. The lowest BCUT2D eigenvalue weighted by atomic mass is 9.97. The van der Waals surface area contributed by atoms with Crippen LogP contribution in [0.25, 0.3) is 5.70 Å². The summed E-state index contributed by atoms with van der Waals surface area (Å²) in [6.45, 7) is 1.16. The molecule has 1 aliphatic rings. The van der Waals surface area contributed by atoms with E-state index in [-0.39, 0.29) is 11.8 Å². The Bertz CT molecular complexity index is 575. The van der Waals surface area contributed by atoms with Gasteiger partial charge in [-0.05, 0) is 40.5 Å². The van der Waals surface area contributed by atoms with Crippen molar-refractivity contribution >= 4 is 27.5 Å². The van der Waals surface area contributed by atoms with Gasteiger partial charge in [0.25, 0.3) is 6.43 Å². The molecule has 0 saturated carbocycles. The summed E-state index contributed by atoms with van der Waals surface area (Å²) in [5, 5.41) is 0. The predicted molar refractivity (Wildman–Crippen MR) is 80.2 cm³/mol. The largest absolute Gasteiger partial charge is 0.497 e. The number of halogens is 3. The lowest BCUT2D eigenvalue weighted by molar-refractivity contribution is -0.133. The van der Waals surface area contributed by atoms with Gasteiger partial charge in [-0.15, -0.1) is 0 Å². The van der Waals surface area contributed by atoms with Crippen molar-refractivity contribution in [2.45, 2.75) is 19.8 Å². The van der Waals surface area contributed by atoms with Gasteiger partial charge in [0.15, 0.2) is 0 Å². The minimum absolute atomic E-state index is 0.268. The van der Waals surface area contributed by atoms with Crippen LogP contribution in [-0.4, -0.2) is 30.9 Å². The molecule has 3 nitrogen and oxygen atoms in total. The summed E-state index contributed by atoms with van der Waals surface area (Å²) in [6.07, 6.45) is -0.187. The SMILES string of the molecule is COc1ccc(C2=CCC(C)C(=O)N2CC(F)F)c(Br)c1. The van der Waals surface area contributed by atoms with E-state index in [1.807, 2.05) is 6.08 Å². The van der Waals surface area contributed by atoms with E-state index in [1.54, 1.807) is 32.2 Å².